The number of carbonyl (C=O) groups is 1. The molecule has 0 saturated carbocycles. The normalized spacial score (nSPS) is 13.6. The predicted molar refractivity (Wildman–Crippen MR) is 123 cm³/mol. The highest BCUT2D eigenvalue weighted by molar-refractivity contribution is 6.33. The maximum atomic E-state index is 14.0. The third-order valence-electron chi connectivity index (χ3n) is 5.05. The van der Waals surface area contributed by atoms with Crippen molar-refractivity contribution < 1.29 is 9.18 Å². The summed E-state index contributed by atoms with van der Waals surface area (Å²) in [4.78, 5) is 17.2. The summed E-state index contributed by atoms with van der Waals surface area (Å²) in [6.07, 6.45) is 2.36. The molecule has 8 nitrogen and oxygen atoms in total. The van der Waals surface area contributed by atoms with Crippen molar-refractivity contribution in [2.75, 3.05) is 23.7 Å². The number of aromatic nitrogens is 3. The maximum absolute atomic E-state index is 14.0. The first kappa shape index (κ1) is 22.0. The first-order valence-electron chi connectivity index (χ1n) is 10.4. The smallest absolute Gasteiger partial charge is 0.270 e. The van der Waals surface area contributed by atoms with Gasteiger partial charge in [0.15, 0.2) is 0 Å². The van der Waals surface area contributed by atoms with Gasteiger partial charge >= 0.3 is 0 Å². The number of aryl methyl sites for hydroxylation is 1. The van der Waals surface area contributed by atoms with E-state index < -0.39 is 5.82 Å². The van der Waals surface area contributed by atoms with Crippen molar-refractivity contribution >= 4 is 40.5 Å². The molecule has 0 bridgehead atoms. The standard InChI is InChI=1S/C22H25ClFN7O/c1-13(2)31-21(9-14(3)29-31)28-20-11-19(17(23)12-25-20)27-18-6-5-15(24)10-16(18)22(32)30-8-4-7-26-30/h5-6,9-13,26H,4,7-8H2,1-3H3,(H2,25,27,28). The maximum Gasteiger partial charge on any atom is 0.270 e. The van der Waals surface area contributed by atoms with Crippen molar-refractivity contribution in [3.8, 4) is 0 Å². The molecule has 1 fully saturated rings. The second kappa shape index (κ2) is 9.13. The van der Waals surface area contributed by atoms with Crippen molar-refractivity contribution in [2.45, 2.75) is 33.2 Å². The van der Waals surface area contributed by atoms with E-state index in [0.29, 0.717) is 35.3 Å². The van der Waals surface area contributed by atoms with Gasteiger partial charge in [-0.3, -0.25) is 9.80 Å². The lowest BCUT2D eigenvalue weighted by Crippen LogP contribution is -2.37. The largest absolute Gasteiger partial charge is 0.353 e. The third kappa shape index (κ3) is 4.68. The van der Waals surface area contributed by atoms with Crippen LogP contribution in [0.4, 0.5) is 27.4 Å². The third-order valence-corrected chi connectivity index (χ3v) is 5.35. The molecule has 1 aliphatic heterocycles. The topological polar surface area (TPSA) is 87.1 Å². The second-order valence-electron chi connectivity index (χ2n) is 7.92. The summed E-state index contributed by atoms with van der Waals surface area (Å²) < 4.78 is 15.8. The molecule has 10 heteroatoms. The van der Waals surface area contributed by atoms with Crippen LogP contribution in [0.25, 0.3) is 0 Å². The van der Waals surface area contributed by atoms with E-state index >= 15 is 0 Å². The molecular formula is C22H25ClFN7O. The van der Waals surface area contributed by atoms with Crippen LogP contribution < -0.4 is 16.1 Å². The Morgan fingerprint density at radius 2 is 2.03 bits per heavy atom. The quantitative estimate of drug-likeness (QED) is 0.493. The molecule has 3 heterocycles. The number of anilines is 4. The van der Waals surface area contributed by atoms with Crippen LogP contribution in [-0.4, -0.2) is 38.8 Å². The Morgan fingerprint density at radius 3 is 2.75 bits per heavy atom. The van der Waals surface area contributed by atoms with E-state index in [9.17, 15) is 9.18 Å². The first-order chi connectivity index (χ1) is 15.3. The molecule has 3 aromatic rings. The highest BCUT2D eigenvalue weighted by atomic mass is 35.5. The fraction of sp³-hybridized carbons (Fsp3) is 0.318. The van der Waals surface area contributed by atoms with Crippen LogP contribution in [0.15, 0.2) is 36.5 Å². The molecule has 1 aromatic carbocycles. The van der Waals surface area contributed by atoms with E-state index in [0.717, 1.165) is 17.9 Å². The van der Waals surface area contributed by atoms with Gasteiger partial charge in [0.05, 0.1) is 33.9 Å². The van der Waals surface area contributed by atoms with Crippen molar-refractivity contribution in [2.24, 2.45) is 0 Å². The summed E-state index contributed by atoms with van der Waals surface area (Å²) >= 11 is 6.37. The van der Waals surface area contributed by atoms with Gasteiger partial charge in [-0.2, -0.15) is 5.10 Å². The summed E-state index contributed by atoms with van der Waals surface area (Å²) in [6, 6.07) is 7.89. The highest BCUT2D eigenvalue weighted by Gasteiger charge is 2.23. The van der Waals surface area contributed by atoms with Crippen molar-refractivity contribution in [3.63, 3.8) is 0 Å². The van der Waals surface area contributed by atoms with Gasteiger partial charge in [0.1, 0.15) is 17.5 Å². The Bertz CT molecular complexity index is 1140. The number of nitrogens with one attached hydrogen (secondary N) is 3. The Hall–Kier alpha value is -3.17. The van der Waals surface area contributed by atoms with Crippen molar-refractivity contribution in [1.29, 1.82) is 0 Å². The van der Waals surface area contributed by atoms with E-state index in [1.807, 2.05) is 31.5 Å². The Morgan fingerprint density at radius 1 is 1.22 bits per heavy atom. The van der Waals surface area contributed by atoms with E-state index in [1.54, 1.807) is 6.07 Å². The number of hydrogen-bond donors (Lipinski definition) is 3. The molecule has 1 aliphatic rings. The summed E-state index contributed by atoms with van der Waals surface area (Å²) in [7, 11) is 0. The van der Waals surface area contributed by atoms with Crippen LogP contribution in [0.3, 0.4) is 0 Å². The molecular weight excluding hydrogens is 433 g/mol. The van der Waals surface area contributed by atoms with Crippen LogP contribution in [-0.2, 0) is 0 Å². The number of pyridine rings is 1. The van der Waals surface area contributed by atoms with Gasteiger partial charge in [-0.1, -0.05) is 11.6 Å². The zero-order valence-electron chi connectivity index (χ0n) is 18.1. The van der Waals surface area contributed by atoms with E-state index in [4.69, 9.17) is 11.6 Å². The van der Waals surface area contributed by atoms with Crippen LogP contribution >= 0.6 is 11.6 Å². The van der Waals surface area contributed by atoms with Gasteiger partial charge in [-0.25, -0.2) is 19.5 Å². The number of halogens is 2. The molecule has 0 aliphatic carbocycles. The molecule has 0 radical (unpaired) electrons. The predicted octanol–water partition coefficient (Wildman–Crippen LogP) is 4.80. The number of hydrogen-bond acceptors (Lipinski definition) is 6. The monoisotopic (exact) mass is 457 g/mol. The Balaban J connectivity index is 1.62. The number of rotatable bonds is 6. The zero-order valence-corrected chi connectivity index (χ0v) is 18.9. The number of hydrazine groups is 1. The molecule has 4 rings (SSSR count). The Kier molecular flexibility index (Phi) is 6.29. The number of nitrogens with zero attached hydrogens (tertiary/aromatic N) is 4. The summed E-state index contributed by atoms with van der Waals surface area (Å²) in [5, 5.41) is 12.8. The molecule has 32 heavy (non-hydrogen) atoms. The minimum absolute atomic E-state index is 0.170. The summed E-state index contributed by atoms with van der Waals surface area (Å²) in [5.74, 6) is 0.564. The fourth-order valence-electron chi connectivity index (χ4n) is 3.53. The van der Waals surface area contributed by atoms with Gasteiger partial charge in [0, 0.05) is 31.3 Å². The fourth-order valence-corrected chi connectivity index (χ4v) is 3.68. The lowest BCUT2D eigenvalue weighted by molar-refractivity contribution is 0.0727. The highest BCUT2D eigenvalue weighted by Crippen LogP contribution is 2.31. The van der Waals surface area contributed by atoms with E-state index in [1.165, 1.54) is 29.4 Å². The lowest BCUT2D eigenvalue weighted by atomic mass is 10.1. The van der Waals surface area contributed by atoms with Gasteiger partial charge in [0.25, 0.3) is 5.91 Å². The van der Waals surface area contributed by atoms with Gasteiger partial charge in [-0.15, -0.1) is 0 Å². The average Bonchev–Trinajstić information content (AvgIpc) is 3.41. The molecule has 3 N–H and O–H groups in total. The molecule has 0 atom stereocenters. The zero-order chi connectivity index (χ0) is 22.8. The molecule has 0 spiro atoms. The molecule has 2 aromatic heterocycles. The molecule has 168 valence electrons. The molecule has 0 unspecified atom stereocenters. The van der Waals surface area contributed by atoms with Gasteiger partial charge in [-0.05, 0) is 45.4 Å². The van der Waals surface area contributed by atoms with Gasteiger partial charge < -0.3 is 10.6 Å². The Labute approximate surface area is 190 Å². The van der Waals surface area contributed by atoms with Crippen LogP contribution in [0, 0.1) is 12.7 Å². The van der Waals surface area contributed by atoms with E-state index in [-0.39, 0.29) is 17.5 Å². The number of carbonyl (C=O) groups excluding carboxylic acids is 1. The van der Waals surface area contributed by atoms with E-state index in [2.05, 4.69) is 26.1 Å². The molecule has 1 amide bonds. The SMILES string of the molecule is Cc1cc(Nc2cc(Nc3ccc(F)cc3C(=O)N3CCCN3)c(Cl)cn2)n(C(C)C)n1. The lowest BCUT2D eigenvalue weighted by Gasteiger charge is -2.19. The minimum atomic E-state index is -0.487. The van der Waals surface area contributed by atoms with Crippen LogP contribution in [0.2, 0.25) is 5.02 Å². The number of benzene rings is 1. The minimum Gasteiger partial charge on any atom is -0.353 e. The first-order valence-corrected chi connectivity index (χ1v) is 10.8. The summed E-state index contributed by atoms with van der Waals surface area (Å²) in [6.45, 7) is 7.29. The van der Waals surface area contributed by atoms with Crippen LogP contribution in [0.5, 0.6) is 0 Å². The van der Waals surface area contributed by atoms with Gasteiger partial charge in [0.2, 0.25) is 0 Å². The van der Waals surface area contributed by atoms with Crippen molar-refractivity contribution in [1.82, 2.24) is 25.2 Å². The second-order valence-corrected chi connectivity index (χ2v) is 8.32. The number of amides is 1. The van der Waals surface area contributed by atoms with Crippen molar-refractivity contribution in [3.05, 3.63) is 58.6 Å². The summed E-state index contributed by atoms with van der Waals surface area (Å²) in [5.41, 5.74) is 5.10. The molecule has 1 saturated heterocycles. The van der Waals surface area contributed by atoms with Crippen LogP contribution in [0.1, 0.15) is 42.4 Å². The average molecular weight is 458 g/mol.